The van der Waals surface area contributed by atoms with Crippen molar-refractivity contribution in [3.05, 3.63) is 89.0 Å². The van der Waals surface area contributed by atoms with Crippen LogP contribution in [0, 0.1) is 11.3 Å². The quantitative estimate of drug-likeness (QED) is 0.138. The number of allylic oxidation sites excluding steroid dienone is 1. The van der Waals surface area contributed by atoms with Crippen molar-refractivity contribution in [2.75, 3.05) is 20.8 Å². The van der Waals surface area contributed by atoms with E-state index in [1.165, 1.54) is 7.11 Å². The second-order valence-electron chi connectivity index (χ2n) is 8.19. The third-order valence-corrected chi connectivity index (χ3v) is 5.88. The van der Waals surface area contributed by atoms with Crippen LogP contribution in [0.3, 0.4) is 0 Å². The molecule has 186 valence electrons. The number of rotatable bonds is 9. The van der Waals surface area contributed by atoms with Gasteiger partial charge in [0.25, 0.3) is 11.8 Å². The number of hydrogen-bond donors (Lipinski definition) is 0. The molecule has 1 aliphatic heterocycles. The van der Waals surface area contributed by atoms with Gasteiger partial charge in [-0.1, -0.05) is 24.3 Å². The summed E-state index contributed by atoms with van der Waals surface area (Å²) in [5.74, 6) is 0.283. The molecule has 0 radical (unpaired) electrons. The van der Waals surface area contributed by atoms with Gasteiger partial charge in [-0.05, 0) is 66.1 Å². The Balaban J connectivity index is 1.33. The first-order valence-electron chi connectivity index (χ1n) is 11.6. The van der Waals surface area contributed by atoms with Crippen molar-refractivity contribution in [2.45, 2.75) is 12.8 Å². The molecule has 0 N–H and O–H groups in total. The SMILES string of the molecule is COc1ccc(/C(C#N)=C\c2ccc(OC(=O)CCCN3C(=O)c4ccccc4C3=O)cc2)cc1OC. The number of ether oxygens (including phenoxy) is 3. The van der Waals surface area contributed by atoms with Gasteiger partial charge in [-0.15, -0.1) is 0 Å². The van der Waals surface area contributed by atoms with Gasteiger partial charge in [0, 0.05) is 13.0 Å². The minimum atomic E-state index is -0.469. The third kappa shape index (κ3) is 5.52. The van der Waals surface area contributed by atoms with Gasteiger partial charge >= 0.3 is 5.97 Å². The first-order chi connectivity index (χ1) is 17.9. The van der Waals surface area contributed by atoms with Crippen LogP contribution in [0.2, 0.25) is 0 Å². The molecule has 3 aromatic carbocycles. The highest BCUT2D eigenvalue weighted by molar-refractivity contribution is 6.21. The first kappa shape index (κ1) is 25.2. The van der Waals surface area contributed by atoms with Gasteiger partial charge in [-0.3, -0.25) is 19.3 Å². The summed E-state index contributed by atoms with van der Waals surface area (Å²) in [6.45, 7) is 0.137. The van der Waals surface area contributed by atoms with E-state index in [2.05, 4.69) is 6.07 Å². The molecule has 0 aromatic heterocycles. The van der Waals surface area contributed by atoms with Crippen molar-refractivity contribution in [1.29, 1.82) is 5.26 Å². The number of amides is 2. The van der Waals surface area contributed by atoms with E-state index in [-0.39, 0.29) is 24.8 Å². The van der Waals surface area contributed by atoms with Crippen LogP contribution in [-0.4, -0.2) is 43.4 Å². The van der Waals surface area contributed by atoms with Crippen molar-refractivity contribution in [3.63, 3.8) is 0 Å². The second-order valence-corrected chi connectivity index (χ2v) is 8.19. The van der Waals surface area contributed by atoms with Crippen molar-refractivity contribution in [3.8, 4) is 23.3 Å². The van der Waals surface area contributed by atoms with E-state index in [0.29, 0.717) is 45.9 Å². The minimum Gasteiger partial charge on any atom is -0.493 e. The van der Waals surface area contributed by atoms with Crippen LogP contribution < -0.4 is 14.2 Å². The molecule has 0 atom stereocenters. The lowest BCUT2D eigenvalue weighted by molar-refractivity contribution is -0.134. The maximum Gasteiger partial charge on any atom is 0.311 e. The Hall–Kier alpha value is -4.90. The predicted octanol–water partition coefficient (Wildman–Crippen LogP) is 4.75. The highest BCUT2D eigenvalue weighted by Gasteiger charge is 2.34. The summed E-state index contributed by atoms with van der Waals surface area (Å²) in [6.07, 6.45) is 2.06. The number of hydrogen-bond acceptors (Lipinski definition) is 7. The van der Waals surface area contributed by atoms with E-state index in [0.717, 1.165) is 10.5 Å². The monoisotopic (exact) mass is 496 g/mol. The number of benzene rings is 3. The van der Waals surface area contributed by atoms with E-state index >= 15 is 0 Å². The molecule has 0 fully saturated rings. The molecule has 0 saturated carbocycles. The predicted molar refractivity (Wildman–Crippen MR) is 136 cm³/mol. The minimum absolute atomic E-state index is 0.0486. The van der Waals surface area contributed by atoms with Crippen molar-refractivity contribution in [2.24, 2.45) is 0 Å². The average Bonchev–Trinajstić information content (AvgIpc) is 3.17. The van der Waals surface area contributed by atoms with Gasteiger partial charge in [0.1, 0.15) is 5.75 Å². The highest BCUT2D eigenvalue weighted by Crippen LogP contribution is 2.31. The van der Waals surface area contributed by atoms with E-state index in [9.17, 15) is 19.6 Å². The number of esters is 1. The molecule has 0 bridgehead atoms. The summed E-state index contributed by atoms with van der Waals surface area (Å²) < 4.78 is 15.9. The van der Waals surface area contributed by atoms with Crippen LogP contribution in [0.15, 0.2) is 66.7 Å². The molecule has 0 spiro atoms. The lowest BCUT2D eigenvalue weighted by Crippen LogP contribution is -2.31. The highest BCUT2D eigenvalue weighted by atomic mass is 16.5. The number of methoxy groups -OCH3 is 2. The summed E-state index contributed by atoms with van der Waals surface area (Å²) in [6, 6.07) is 20.8. The largest absolute Gasteiger partial charge is 0.493 e. The van der Waals surface area contributed by atoms with Crippen LogP contribution in [0.5, 0.6) is 17.2 Å². The van der Waals surface area contributed by atoms with Crippen LogP contribution in [0.25, 0.3) is 11.6 Å². The fraction of sp³-hybridized carbons (Fsp3) is 0.172. The van der Waals surface area contributed by atoms with Gasteiger partial charge in [-0.25, -0.2) is 0 Å². The molecule has 0 unspecified atom stereocenters. The normalized spacial score (nSPS) is 12.7. The van der Waals surface area contributed by atoms with Crippen molar-refractivity contribution in [1.82, 2.24) is 4.90 Å². The number of fused-ring (bicyclic) bond motifs is 1. The summed E-state index contributed by atoms with van der Waals surface area (Å²) in [5.41, 5.74) is 2.62. The summed E-state index contributed by atoms with van der Waals surface area (Å²) in [4.78, 5) is 38.3. The fourth-order valence-electron chi connectivity index (χ4n) is 3.99. The third-order valence-electron chi connectivity index (χ3n) is 5.88. The molecular formula is C29H24N2O6. The smallest absolute Gasteiger partial charge is 0.311 e. The number of imide groups is 1. The maximum atomic E-state index is 12.4. The lowest BCUT2D eigenvalue weighted by atomic mass is 10.0. The van der Waals surface area contributed by atoms with E-state index in [1.807, 2.05) is 0 Å². The Bertz CT molecular complexity index is 1380. The number of carbonyl (C=O) groups is 3. The molecule has 8 nitrogen and oxygen atoms in total. The molecular weight excluding hydrogens is 472 g/mol. The Labute approximate surface area is 214 Å². The topological polar surface area (TPSA) is 106 Å². The van der Waals surface area contributed by atoms with Gasteiger partial charge < -0.3 is 14.2 Å². The van der Waals surface area contributed by atoms with Crippen molar-refractivity contribution < 1.29 is 28.6 Å². The molecule has 0 aliphatic carbocycles. The molecule has 4 rings (SSSR count). The fourth-order valence-corrected chi connectivity index (χ4v) is 3.99. The lowest BCUT2D eigenvalue weighted by Gasteiger charge is -2.13. The van der Waals surface area contributed by atoms with Gasteiger partial charge in [-0.2, -0.15) is 5.26 Å². The summed E-state index contributed by atoms with van der Waals surface area (Å²) >= 11 is 0. The van der Waals surface area contributed by atoms with Gasteiger partial charge in [0.05, 0.1) is 37.0 Å². The maximum absolute atomic E-state index is 12.4. The molecule has 37 heavy (non-hydrogen) atoms. The number of carbonyl (C=O) groups excluding carboxylic acids is 3. The Morgan fingerprint density at radius 1 is 0.919 bits per heavy atom. The van der Waals surface area contributed by atoms with Crippen LogP contribution in [0.1, 0.15) is 44.7 Å². The second kappa shape index (κ2) is 11.2. The molecule has 3 aromatic rings. The summed E-state index contributed by atoms with van der Waals surface area (Å²) in [5, 5.41) is 9.64. The average molecular weight is 497 g/mol. The molecule has 0 saturated heterocycles. The molecule has 1 heterocycles. The van der Waals surface area contributed by atoms with E-state index < -0.39 is 5.97 Å². The van der Waals surface area contributed by atoms with Crippen LogP contribution >= 0.6 is 0 Å². The zero-order chi connectivity index (χ0) is 26.4. The molecule has 8 heteroatoms. The number of nitrogens with zero attached hydrogens (tertiary/aromatic N) is 2. The van der Waals surface area contributed by atoms with E-state index in [4.69, 9.17) is 14.2 Å². The van der Waals surface area contributed by atoms with Crippen molar-refractivity contribution >= 4 is 29.4 Å². The zero-order valence-electron chi connectivity index (χ0n) is 20.4. The molecule has 2 amide bonds. The van der Waals surface area contributed by atoms with E-state index in [1.54, 1.807) is 79.9 Å². The molecule has 1 aliphatic rings. The van der Waals surface area contributed by atoms with Crippen LogP contribution in [0.4, 0.5) is 0 Å². The van der Waals surface area contributed by atoms with Gasteiger partial charge in [0.15, 0.2) is 11.5 Å². The van der Waals surface area contributed by atoms with Gasteiger partial charge in [0.2, 0.25) is 0 Å². The Morgan fingerprint density at radius 2 is 1.57 bits per heavy atom. The van der Waals surface area contributed by atoms with Crippen LogP contribution in [-0.2, 0) is 4.79 Å². The Morgan fingerprint density at radius 3 is 2.16 bits per heavy atom. The standard InChI is InChI=1S/C29H24N2O6/c1-35-25-14-11-20(17-26(25)36-2)21(18-30)16-19-9-12-22(13-10-19)37-27(32)8-5-15-31-28(33)23-6-3-4-7-24(23)29(31)34/h3-4,6-7,9-14,16-17H,5,8,15H2,1-2H3/b21-16-. The zero-order valence-corrected chi connectivity index (χ0v) is 20.4. The number of nitriles is 1. The Kier molecular flexibility index (Phi) is 7.65. The summed E-state index contributed by atoms with van der Waals surface area (Å²) in [7, 11) is 3.07. The first-order valence-corrected chi connectivity index (χ1v) is 11.6.